The Balaban J connectivity index is 1.81. The fourth-order valence-corrected chi connectivity index (χ4v) is 5.79. The van der Waals surface area contributed by atoms with Crippen molar-refractivity contribution >= 4 is 27.3 Å². The second-order valence-electron chi connectivity index (χ2n) is 6.26. The topological polar surface area (TPSA) is 32.3 Å². The summed E-state index contributed by atoms with van der Waals surface area (Å²) in [7, 11) is 0. The van der Waals surface area contributed by atoms with Crippen LogP contribution in [0, 0.1) is 0 Å². The molecule has 21 heavy (non-hydrogen) atoms. The van der Waals surface area contributed by atoms with Crippen LogP contribution in [0.2, 0.25) is 0 Å². The summed E-state index contributed by atoms with van der Waals surface area (Å²) in [5.41, 5.74) is 1.53. The number of nitrogens with zero attached hydrogens (tertiary/aromatic N) is 1. The molecule has 1 unspecified atom stereocenters. The number of benzene rings is 1. The minimum Gasteiger partial charge on any atom is -0.351 e. The zero-order chi connectivity index (χ0) is 14.0. The zero-order valence-electron chi connectivity index (χ0n) is 11.6. The van der Waals surface area contributed by atoms with Gasteiger partial charge in [-0.25, -0.2) is 0 Å². The van der Waals surface area contributed by atoms with E-state index in [0.29, 0.717) is 6.04 Å². The zero-order valence-corrected chi connectivity index (χ0v) is 12.5. The molecule has 106 valence electrons. The average molecular weight is 296 g/mol. The molecule has 1 saturated heterocycles. The average Bonchev–Trinajstić information content (AvgIpc) is 2.94. The lowest BCUT2D eigenvalue weighted by molar-refractivity contribution is -0.116. The van der Waals surface area contributed by atoms with E-state index in [0.717, 1.165) is 26.1 Å². The maximum absolute atomic E-state index is 11.8. The van der Waals surface area contributed by atoms with E-state index in [9.17, 15) is 4.79 Å². The molecule has 5 rings (SSSR count). The number of nitrogens with one attached hydrogen (secondary N) is 1. The fraction of sp³-hybridized carbons (Fsp3) is 0.353. The maximum Gasteiger partial charge on any atom is 0.243 e. The number of fused-ring (bicyclic) bond motifs is 3. The van der Waals surface area contributed by atoms with Crippen LogP contribution in [0.25, 0.3) is 10.1 Å². The van der Waals surface area contributed by atoms with Crippen molar-refractivity contribution in [2.24, 2.45) is 0 Å². The molecule has 2 aromatic rings. The Labute approximate surface area is 127 Å². The Kier molecular flexibility index (Phi) is 2.25. The number of hydrogen-bond acceptors (Lipinski definition) is 3. The largest absolute Gasteiger partial charge is 0.351 e. The lowest BCUT2D eigenvalue weighted by atomic mass is 9.75. The first-order valence-electron chi connectivity index (χ1n) is 7.50. The van der Waals surface area contributed by atoms with Gasteiger partial charge in [0.15, 0.2) is 0 Å². The predicted molar refractivity (Wildman–Crippen MR) is 84.5 cm³/mol. The molecule has 3 nitrogen and oxygen atoms in total. The molecule has 1 fully saturated rings. The van der Waals surface area contributed by atoms with Gasteiger partial charge in [-0.2, -0.15) is 0 Å². The van der Waals surface area contributed by atoms with Crippen molar-refractivity contribution in [3.05, 3.63) is 46.9 Å². The van der Waals surface area contributed by atoms with E-state index in [4.69, 9.17) is 0 Å². The first-order valence-corrected chi connectivity index (χ1v) is 8.32. The quantitative estimate of drug-likeness (QED) is 0.810. The van der Waals surface area contributed by atoms with Crippen LogP contribution in [0.4, 0.5) is 0 Å². The number of hydrogen-bond donors (Lipinski definition) is 1. The lowest BCUT2D eigenvalue weighted by Gasteiger charge is -2.39. The van der Waals surface area contributed by atoms with E-state index in [1.807, 2.05) is 11.3 Å². The molecule has 1 aromatic heterocycles. The van der Waals surface area contributed by atoms with Crippen LogP contribution in [0.3, 0.4) is 0 Å². The SMILES string of the molecule is O=C1C=C[C@]23CCN(Cc4c2sc2ccccc42)[C@H]3CN1. The molecule has 2 bridgehead atoms. The van der Waals surface area contributed by atoms with Gasteiger partial charge in [0.1, 0.15) is 0 Å². The third-order valence-electron chi connectivity index (χ3n) is 5.33. The smallest absolute Gasteiger partial charge is 0.243 e. The number of carbonyl (C=O) groups excluding carboxylic acids is 1. The van der Waals surface area contributed by atoms with Gasteiger partial charge in [-0.05, 0) is 29.5 Å². The van der Waals surface area contributed by atoms with Gasteiger partial charge in [0, 0.05) is 40.7 Å². The Bertz CT molecular complexity index is 793. The van der Waals surface area contributed by atoms with Gasteiger partial charge in [-0.1, -0.05) is 24.3 Å². The Hall–Kier alpha value is -1.65. The molecule has 1 amide bonds. The summed E-state index contributed by atoms with van der Waals surface area (Å²) in [6.45, 7) is 2.91. The van der Waals surface area contributed by atoms with E-state index >= 15 is 0 Å². The van der Waals surface area contributed by atoms with Gasteiger partial charge >= 0.3 is 0 Å². The van der Waals surface area contributed by atoms with E-state index in [1.165, 1.54) is 20.5 Å². The van der Waals surface area contributed by atoms with Crippen molar-refractivity contribution in [1.29, 1.82) is 0 Å². The summed E-state index contributed by atoms with van der Waals surface area (Å²) in [5, 5.41) is 4.44. The van der Waals surface area contributed by atoms with Crippen molar-refractivity contribution in [3.63, 3.8) is 0 Å². The summed E-state index contributed by atoms with van der Waals surface area (Å²) in [6, 6.07) is 9.12. The molecule has 3 aliphatic rings. The molecule has 0 radical (unpaired) electrons. The molecule has 1 aromatic carbocycles. The Morgan fingerprint density at radius 3 is 3.19 bits per heavy atom. The molecule has 0 saturated carbocycles. The van der Waals surface area contributed by atoms with E-state index in [2.05, 4.69) is 40.6 Å². The molecule has 4 heteroatoms. The number of thiophene rings is 1. The Morgan fingerprint density at radius 2 is 2.24 bits per heavy atom. The van der Waals surface area contributed by atoms with Crippen molar-refractivity contribution in [3.8, 4) is 0 Å². The van der Waals surface area contributed by atoms with Crippen molar-refractivity contribution in [2.75, 3.05) is 13.1 Å². The third kappa shape index (κ3) is 1.44. The van der Waals surface area contributed by atoms with Crippen LogP contribution in [0.5, 0.6) is 0 Å². The standard InChI is InChI=1S/C17H16N2OS/c20-15-5-6-17-7-8-19(14(17)9-18-15)10-12-11-3-1-2-4-13(11)21-16(12)17/h1-6,14H,7-10H2,(H,18,20)/t14-,17+/m0/s1. The van der Waals surface area contributed by atoms with E-state index < -0.39 is 0 Å². The molecule has 0 aliphatic carbocycles. The third-order valence-corrected chi connectivity index (χ3v) is 6.74. The molecule has 0 spiro atoms. The van der Waals surface area contributed by atoms with Crippen LogP contribution in [-0.2, 0) is 16.8 Å². The number of carbonyl (C=O) groups is 1. The van der Waals surface area contributed by atoms with Gasteiger partial charge in [0.25, 0.3) is 0 Å². The van der Waals surface area contributed by atoms with Gasteiger partial charge in [0.05, 0.1) is 0 Å². The van der Waals surface area contributed by atoms with Crippen LogP contribution >= 0.6 is 11.3 Å². The van der Waals surface area contributed by atoms with Crippen LogP contribution in [-0.4, -0.2) is 29.9 Å². The normalized spacial score (nSPS) is 33.4. The first kappa shape index (κ1) is 12.0. The summed E-state index contributed by atoms with van der Waals surface area (Å²) < 4.78 is 1.38. The summed E-state index contributed by atoms with van der Waals surface area (Å²) in [5.74, 6) is 0.0493. The summed E-state index contributed by atoms with van der Waals surface area (Å²) in [4.78, 5) is 15.8. The lowest BCUT2D eigenvalue weighted by Crippen LogP contribution is -2.49. The maximum atomic E-state index is 11.8. The highest BCUT2D eigenvalue weighted by atomic mass is 32.1. The minimum absolute atomic E-state index is 0.0381. The number of rotatable bonds is 0. The van der Waals surface area contributed by atoms with Crippen molar-refractivity contribution < 1.29 is 4.79 Å². The van der Waals surface area contributed by atoms with E-state index in [1.54, 1.807) is 6.08 Å². The van der Waals surface area contributed by atoms with Crippen LogP contribution in [0.1, 0.15) is 16.9 Å². The highest BCUT2D eigenvalue weighted by molar-refractivity contribution is 7.19. The highest BCUT2D eigenvalue weighted by Gasteiger charge is 2.53. The van der Waals surface area contributed by atoms with Crippen LogP contribution in [0.15, 0.2) is 36.4 Å². The number of amides is 1. The minimum atomic E-state index is 0.0381. The first-order chi connectivity index (χ1) is 10.3. The molecule has 1 N–H and O–H groups in total. The van der Waals surface area contributed by atoms with E-state index in [-0.39, 0.29) is 11.3 Å². The highest BCUT2D eigenvalue weighted by Crippen LogP contribution is 2.52. The second-order valence-corrected chi connectivity index (χ2v) is 7.31. The van der Waals surface area contributed by atoms with Gasteiger partial charge in [-0.3, -0.25) is 9.69 Å². The molecular weight excluding hydrogens is 280 g/mol. The predicted octanol–water partition coefficient (Wildman–Crippen LogP) is 2.41. The van der Waals surface area contributed by atoms with Gasteiger partial charge in [-0.15, -0.1) is 11.3 Å². The fourth-order valence-electron chi connectivity index (χ4n) is 4.33. The Morgan fingerprint density at radius 1 is 1.33 bits per heavy atom. The van der Waals surface area contributed by atoms with Crippen molar-refractivity contribution in [2.45, 2.75) is 24.4 Å². The van der Waals surface area contributed by atoms with Crippen molar-refractivity contribution in [1.82, 2.24) is 10.2 Å². The molecule has 3 aliphatic heterocycles. The molecule has 3 atom stereocenters. The van der Waals surface area contributed by atoms with Gasteiger partial charge in [0.2, 0.25) is 5.91 Å². The van der Waals surface area contributed by atoms with Gasteiger partial charge < -0.3 is 5.32 Å². The summed E-state index contributed by atoms with van der Waals surface area (Å²) >= 11 is 1.93. The molecular formula is C17H16N2OS. The van der Waals surface area contributed by atoms with Crippen LogP contribution < -0.4 is 5.32 Å². The molecule has 4 heterocycles. The summed E-state index contributed by atoms with van der Waals surface area (Å²) in [6.07, 6.45) is 5.07. The monoisotopic (exact) mass is 296 g/mol. The second kappa shape index (κ2) is 3.96.